The van der Waals surface area contributed by atoms with Gasteiger partial charge in [0.05, 0.1) is 6.21 Å². The summed E-state index contributed by atoms with van der Waals surface area (Å²) in [6.45, 7) is 13.3. The first-order valence-electron chi connectivity index (χ1n) is 6.63. The molecule has 1 heterocycles. The molecule has 3 nitrogen and oxygen atoms in total. The number of hydrazone groups is 1. The summed E-state index contributed by atoms with van der Waals surface area (Å²) in [6, 6.07) is 0.517. The fraction of sp³-hybridized carbons (Fsp3) is 0.533. The Morgan fingerprint density at radius 3 is 2.32 bits per heavy atom. The Hall–Kier alpha value is -0.246. The number of piperidine rings is 1. The van der Waals surface area contributed by atoms with Crippen molar-refractivity contribution in [1.29, 1.82) is 0 Å². The van der Waals surface area contributed by atoms with Gasteiger partial charge in [0.25, 0.3) is 0 Å². The van der Waals surface area contributed by atoms with Crippen molar-refractivity contribution in [1.82, 2.24) is 5.01 Å². The molecular formula is C15H26N3Y-. The van der Waals surface area contributed by atoms with Crippen molar-refractivity contribution in [3.05, 3.63) is 42.3 Å². The largest absolute Gasteiger partial charge is 0.662 e. The van der Waals surface area contributed by atoms with Crippen LogP contribution in [0.3, 0.4) is 0 Å². The van der Waals surface area contributed by atoms with Crippen LogP contribution in [0.25, 0.3) is 5.32 Å². The molecule has 0 aromatic carbocycles. The maximum Gasteiger partial charge on any atom is 0.0542 e. The van der Waals surface area contributed by atoms with E-state index in [-0.39, 0.29) is 32.7 Å². The molecule has 1 saturated heterocycles. The van der Waals surface area contributed by atoms with Gasteiger partial charge in [0.2, 0.25) is 0 Å². The minimum absolute atomic E-state index is 0. The number of rotatable bonds is 5. The summed E-state index contributed by atoms with van der Waals surface area (Å²) < 4.78 is 0. The first-order valence-corrected chi connectivity index (χ1v) is 6.63. The third-order valence-corrected chi connectivity index (χ3v) is 2.70. The number of allylic oxidation sites excluding steroid dienone is 4. The summed E-state index contributed by atoms with van der Waals surface area (Å²) in [7, 11) is 2.01. The molecule has 1 aliphatic rings. The van der Waals surface area contributed by atoms with Gasteiger partial charge >= 0.3 is 0 Å². The molecule has 4 heteroatoms. The summed E-state index contributed by atoms with van der Waals surface area (Å²) in [5.74, 6) is 0. The topological polar surface area (TPSA) is 29.7 Å². The van der Waals surface area contributed by atoms with Gasteiger partial charge < -0.3 is 5.32 Å². The Labute approximate surface area is 143 Å². The van der Waals surface area contributed by atoms with Crippen LogP contribution in [0.5, 0.6) is 0 Å². The Balaban J connectivity index is 0. The van der Waals surface area contributed by atoms with Crippen molar-refractivity contribution in [2.24, 2.45) is 5.10 Å². The average Bonchev–Trinajstić information content (AvgIpc) is 2.46. The molecule has 105 valence electrons. The van der Waals surface area contributed by atoms with Gasteiger partial charge in [-0.05, 0) is 18.4 Å². The van der Waals surface area contributed by atoms with Gasteiger partial charge in [-0.1, -0.05) is 45.2 Å². The molecule has 0 amide bonds. The molecule has 0 bridgehead atoms. The molecule has 1 fully saturated rings. The van der Waals surface area contributed by atoms with Crippen LogP contribution >= 0.6 is 0 Å². The molecule has 0 atom stereocenters. The normalized spacial score (nSPS) is 16.1. The van der Waals surface area contributed by atoms with Crippen LogP contribution in [0.15, 0.2) is 42.1 Å². The molecule has 0 N–H and O–H groups in total. The third kappa shape index (κ3) is 9.31. The Kier molecular flexibility index (Phi) is 15.7. The minimum Gasteiger partial charge on any atom is -0.662 e. The number of nitrogens with zero attached hydrogens (tertiary/aromatic N) is 3. The molecule has 1 radical (unpaired) electrons. The Morgan fingerprint density at radius 1 is 1.26 bits per heavy atom. The predicted molar refractivity (Wildman–Crippen MR) is 82.2 cm³/mol. The van der Waals surface area contributed by atoms with Crippen LogP contribution in [0.1, 0.15) is 26.7 Å². The Morgan fingerprint density at radius 2 is 1.84 bits per heavy atom. The van der Waals surface area contributed by atoms with Crippen LogP contribution in [-0.4, -0.2) is 37.4 Å². The molecule has 1 rings (SSSR count). The van der Waals surface area contributed by atoms with Gasteiger partial charge in [-0.3, -0.25) is 5.01 Å². The summed E-state index contributed by atoms with van der Waals surface area (Å²) in [6.07, 6.45) is 9.42. The van der Waals surface area contributed by atoms with E-state index in [4.69, 9.17) is 0 Å². The van der Waals surface area contributed by atoms with Crippen molar-refractivity contribution in [3.63, 3.8) is 0 Å². The standard InChI is InChI=1S/C13H20N3.C2H6.Y/c1-4-6-12(5-2)11-15-16(3)13-7-9-14-10-8-13;1-2;/h4-6,11,13H,1-2,7-10H2,3H3;1-2H3;/q-1;;/b12-6+,15-11+;;. The van der Waals surface area contributed by atoms with E-state index in [0.717, 1.165) is 31.5 Å². The molecule has 0 aromatic heterocycles. The minimum atomic E-state index is 0. The monoisotopic (exact) mass is 337 g/mol. The third-order valence-electron chi connectivity index (χ3n) is 2.70. The van der Waals surface area contributed by atoms with E-state index in [1.807, 2.05) is 38.2 Å². The van der Waals surface area contributed by atoms with E-state index in [9.17, 15) is 0 Å². The van der Waals surface area contributed by atoms with Crippen LogP contribution in [0.4, 0.5) is 0 Å². The smallest absolute Gasteiger partial charge is 0.0542 e. The maximum absolute atomic E-state index is 4.42. The van der Waals surface area contributed by atoms with E-state index in [1.165, 1.54) is 0 Å². The molecule has 0 unspecified atom stereocenters. The van der Waals surface area contributed by atoms with Crippen molar-refractivity contribution in [3.8, 4) is 0 Å². The number of hydrogen-bond donors (Lipinski definition) is 0. The zero-order chi connectivity index (χ0) is 13.8. The average molecular weight is 337 g/mol. The van der Waals surface area contributed by atoms with Gasteiger partial charge in [0.1, 0.15) is 0 Å². The second-order valence-corrected chi connectivity index (χ2v) is 3.83. The molecule has 0 aromatic rings. The maximum atomic E-state index is 4.42. The van der Waals surface area contributed by atoms with Crippen molar-refractivity contribution < 1.29 is 32.7 Å². The van der Waals surface area contributed by atoms with Gasteiger partial charge in [-0.15, -0.1) is 13.1 Å². The van der Waals surface area contributed by atoms with Crippen LogP contribution in [0, 0.1) is 0 Å². The van der Waals surface area contributed by atoms with Gasteiger partial charge in [-0.25, -0.2) is 0 Å². The quantitative estimate of drug-likeness (QED) is 0.427. The zero-order valence-corrected chi connectivity index (χ0v) is 15.4. The van der Waals surface area contributed by atoms with Gasteiger partial charge in [0.15, 0.2) is 0 Å². The molecule has 19 heavy (non-hydrogen) atoms. The molecule has 0 spiro atoms. The molecule has 0 saturated carbocycles. The van der Waals surface area contributed by atoms with Crippen molar-refractivity contribution in [2.45, 2.75) is 32.7 Å². The fourth-order valence-corrected chi connectivity index (χ4v) is 1.66. The predicted octanol–water partition coefficient (Wildman–Crippen LogP) is 3.76. The van der Waals surface area contributed by atoms with Crippen LogP contribution in [0.2, 0.25) is 0 Å². The summed E-state index contributed by atoms with van der Waals surface area (Å²) in [5, 5.41) is 10.8. The fourth-order valence-electron chi connectivity index (χ4n) is 1.66. The van der Waals surface area contributed by atoms with Gasteiger partial charge in [-0.2, -0.15) is 5.10 Å². The zero-order valence-electron chi connectivity index (χ0n) is 12.5. The first kappa shape index (κ1) is 21.1. The number of hydrogen-bond acceptors (Lipinski definition) is 2. The van der Waals surface area contributed by atoms with Crippen LogP contribution in [-0.2, 0) is 32.7 Å². The van der Waals surface area contributed by atoms with E-state index in [2.05, 4.69) is 23.6 Å². The summed E-state index contributed by atoms with van der Waals surface area (Å²) in [4.78, 5) is 0. The molecular weight excluding hydrogens is 311 g/mol. The molecule has 1 aliphatic heterocycles. The van der Waals surface area contributed by atoms with E-state index in [0.29, 0.717) is 6.04 Å². The second-order valence-electron chi connectivity index (χ2n) is 3.83. The summed E-state index contributed by atoms with van der Waals surface area (Å²) >= 11 is 0. The Bertz CT molecular complexity index is 292. The summed E-state index contributed by atoms with van der Waals surface area (Å²) in [5.41, 5.74) is 0.974. The molecule has 0 aliphatic carbocycles. The van der Waals surface area contributed by atoms with E-state index < -0.39 is 0 Å². The van der Waals surface area contributed by atoms with Crippen LogP contribution < -0.4 is 0 Å². The van der Waals surface area contributed by atoms with E-state index in [1.54, 1.807) is 12.2 Å². The van der Waals surface area contributed by atoms with Gasteiger partial charge in [0, 0.05) is 45.8 Å². The second kappa shape index (κ2) is 14.2. The SMILES string of the molecule is C=C/C=C(C=C)/C=N/N(C)C1CC[N-]CC1.CC.[Y]. The van der Waals surface area contributed by atoms with E-state index >= 15 is 0 Å². The van der Waals surface area contributed by atoms with Crippen molar-refractivity contribution >= 4 is 6.21 Å². The van der Waals surface area contributed by atoms with Crippen molar-refractivity contribution in [2.75, 3.05) is 20.1 Å². The first-order chi connectivity index (χ1) is 8.77.